The van der Waals surface area contributed by atoms with Gasteiger partial charge in [0.25, 0.3) is 11.5 Å². The number of rotatable bonds is 7. The molecule has 0 bridgehead atoms. The molecule has 0 fully saturated rings. The number of aromatic nitrogens is 2. The first-order valence-corrected chi connectivity index (χ1v) is 10.8. The number of fused-ring (bicyclic) bond motifs is 3. The summed E-state index contributed by atoms with van der Waals surface area (Å²) in [4.78, 5) is 33.2. The van der Waals surface area contributed by atoms with Crippen LogP contribution in [0.25, 0.3) is 21.0 Å². The van der Waals surface area contributed by atoms with E-state index in [1.807, 2.05) is 61.5 Å². The molecule has 7 nitrogen and oxygen atoms in total. The highest BCUT2D eigenvalue weighted by Crippen LogP contribution is 2.39. The van der Waals surface area contributed by atoms with Crippen molar-refractivity contribution in [1.29, 1.82) is 0 Å². The number of hydrogen-bond acceptors (Lipinski definition) is 6. The number of nitrogens with one attached hydrogen (secondary N) is 1. The first-order valence-electron chi connectivity index (χ1n) is 9.96. The van der Waals surface area contributed by atoms with Crippen LogP contribution in [0.3, 0.4) is 0 Å². The van der Waals surface area contributed by atoms with E-state index in [0.29, 0.717) is 29.1 Å². The van der Waals surface area contributed by atoms with Crippen molar-refractivity contribution in [2.75, 3.05) is 34.3 Å². The van der Waals surface area contributed by atoms with Gasteiger partial charge in [0.15, 0.2) is 5.75 Å². The number of pyridine rings is 2. The summed E-state index contributed by atoms with van der Waals surface area (Å²) in [6, 6.07) is 13.4. The van der Waals surface area contributed by atoms with Gasteiger partial charge in [0.2, 0.25) is 0 Å². The van der Waals surface area contributed by atoms with Gasteiger partial charge in [0, 0.05) is 24.7 Å². The molecule has 0 saturated carbocycles. The lowest BCUT2D eigenvalue weighted by atomic mass is 10.1. The van der Waals surface area contributed by atoms with Gasteiger partial charge in [-0.2, -0.15) is 0 Å². The molecule has 4 aromatic rings. The summed E-state index contributed by atoms with van der Waals surface area (Å²) in [6.45, 7) is 1.56. The van der Waals surface area contributed by atoms with Crippen LogP contribution in [-0.4, -0.2) is 54.7 Å². The number of thiophene rings is 1. The minimum Gasteiger partial charge on any atom is -0.494 e. The molecule has 3 aromatic heterocycles. The molecule has 0 atom stereocenters. The highest BCUT2D eigenvalue weighted by molar-refractivity contribution is 7.22. The summed E-state index contributed by atoms with van der Waals surface area (Å²) in [5, 5.41) is 4.26. The van der Waals surface area contributed by atoms with Gasteiger partial charge in [-0.1, -0.05) is 24.3 Å². The highest BCUT2D eigenvalue weighted by atomic mass is 32.1. The van der Waals surface area contributed by atoms with Crippen LogP contribution in [0.1, 0.15) is 15.4 Å². The maximum Gasteiger partial charge on any atom is 0.265 e. The normalized spacial score (nSPS) is 11.4. The Kier molecular flexibility index (Phi) is 6.01. The Bertz CT molecular complexity index is 1300. The number of ether oxygens (including phenoxy) is 1. The van der Waals surface area contributed by atoms with E-state index in [9.17, 15) is 9.59 Å². The lowest BCUT2D eigenvalue weighted by molar-refractivity contribution is 0.0952. The summed E-state index contributed by atoms with van der Waals surface area (Å²) in [5.41, 5.74) is 1.39. The van der Waals surface area contributed by atoms with Crippen molar-refractivity contribution >= 4 is 38.2 Å². The SMILES string of the molecule is COc1c(C(=O)NCCN(C)C)sc2c1c(=O)n(Cc1ccccn1)c1ccccc21. The average molecular weight is 437 g/mol. The first-order chi connectivity index (χ1) is 15.0. The molecule has 160 valence electrons. The molecule has 0 aliphatic carbocycles. The van der Waals surface area contributed by atoms with E-state index in [0.717, 1.165) is 27.8 Å². The summed E-state index contributed by atoms with van der Waals surface area (Å²) in [6.07, 6.45) is 1.71. The van der Waals surface area contributed by atoms with E-state index in [2.05, 4.69) is 10.3 Å². The predicted molar refractivity (Wildman–Crippen MR) is 124 cm³/mol. The summed E-state index contributed by atoms with van der Waals surface area (Å²) in [7, 11) is 5.39. The van der Waals surface area contributed by atoms with Crippen LogP contribution < -0.4 is 15.6 Å². The Morgan fingerprint density at radius 3 is 2.68 bits per heavy atom. The average Bonchev–Trinajstić information content (AvgIpc) is 3.17. The minimum absolute atomic E-state index is 0.195. The zero-order chi connectivity index (χ0) is 22.0. The van der Waals surface area contributed by atoms with E-state index in [4.69, 9.17) is 4.74 Å². The molecule has 31 heavy (non-hydrogen) atoms. The number of hydrogen-bond donors (Lipinski definition) is 1. The second kappa shape index (κ2) is 8.87. The number of carbonyl (C=O) groups is 1. The molecule has 0 unspecified atom stereocenters. The number of benzene rings is 1. The van der Waals surface area contributed by atoms with Gasteiger partial charge in [0.05, 0.1) is 29.6 Å². The molecular formula is C23H24N4O3S. The topological polar surface area (TPSA) is 76.5 Å². The van der Waals surface area contributed by atoms with Gasteiger partial charge in [-0.05, 0) is 32.3 Å². The van der Waals surface area contributed by atoms with Crippen LogP contribution in [0.2, 0.25) is 0 Å². The van der Waals surface area contributed by atoms with Crippen LogP contribution in [0, 0.1) is 0 Å². The number of likely N-dealkylation sites (N-methyl/N-ethyl adjacent to an activating group) is 1. The zero-order valence-electron chi connectivity index (χ0n) is 17.7. The summed E-state index contributed by atoms with van der Waals surface area (Å²) in [5.74, 6) is 0.0903. The molecule has 1 N–H and O–H groups in total. The van der Waals surface area contributed by atoms with Crippen molar-refractivity contribution in [3.8, 4) is 5.75 Å². The molecule has 0 spiro atoms. The van der Waals surface area contributed by atoms with Gasteiger partial charge in [-0.15, -0.1) is 11.3 Å². The molecule has 0 aliphatic heterocycles. The Morgan fingerprint density at radius 2 is 1.97 bits per heavy atom. The maximum absolute atomic E-state index is 13.6. The number of nitrogens with zero attached hydrogens (tertiary/aromatic N) is 3. The van der Waals surface area contributed by atoms with Crippen molar-refractivity contribution in [2.45, 2.75) is 6.54 Å². The fourth-order valence-corrected chi connectivity index (χ4v) is 4.79. The molecule has 1 amide bonds. The standard InChI is InChI=1S/C23H24N4O3S/c1-26(2)13-12-25-22(28)21-19(30-3)18-20(31-21)16-9-4-5-10-17(16)27(23(18)29)14-15-8-6-7-11-24-15/h4-11H,12-14H2,1-3H3,(H,25,28). The van der Waals surface area contributed by atoms with Gasteiger partial charge in [-0.25, -0.2) is 0 Å². The van der Waals surface area contributed by atoms with E-state index < -0.39 is 0 Å². The Labute approximate surface area is 183 Å². The van der Waals surface area contributed by atoms with E-state index >= 15 is 0 Å². The van der Waals surface area contributed by atoms with Gasteiger partial charge in [-0.3, -0.25) is 14.6 Å². The monoisotopic (exact) mass is 436 g/mol. The Balaban J connectivity index is 1.89. The zero-order valence-corrected chi connectivity index (χ0v) is 18.5. The van der Waals surface area contributed by atoms with Crippen molar-refractivity contribution in [2.24, 2.45) is 0 Å². The maximum atomic E-state index is 13.6. The van der Waals surface area contributed by atoms with Crippen LogP contribution in [0.5, 0.6) is 5.75 Å². The third-order valence-corrected chi connectivity index (χ3v) is 6.27. The number of carbonyl (C=O) groups excluding carboxylic acids is 1. The Hall–Kier alpha value is -3.23. The molecular weight excluding hydrogens is 412 g/mol. The van der Waals surface area contributed by atoms with Crippen LogP contribution in [0.15, 0.2) is 53.5 Å². The summed E-state index contributed by atoms with van der Waals surface area (Å²) >= 11 is 1.29. The van der Waals surface area contributed by atoms with Gasteiger partial charge >= 0.3 is 0 Å². The number of para-hydroxylation sites is 1. The second-order valence-corrected chi connectivity index (χ2v) is 8.48. The fraction of sp³-hybridized carbons (Fsp3) is 0.261. The minimum atomic E-state index is -0.236. The molecule has 0 radical (unpaired) electrons. The third kappa shape index (κ3) is 4.04. The van der Waals surface area contributed by atoms with Crippen molar-refractivity contribution in [3.63, 3.8) is 0 Å². The molecule has 4 rings (SSSR count). The van der Waals surface area contributed by atoms with Crippen LogP contribution >= 0.6 is 11.3 Å². The second-order valence-electron chi connectivity index (χ2n) is 7.46. The highest BCUT2D eigenvalue weighted by Gasteiger charge is 2.24. The van der Waals surface area contributed by atoms with Crippen molar-refractivity contribution in [1.82, 2.24) is 19.8 Å². The molecule has 0 aliphatic rings. The first kappa shape index (κ1) is 21.0. The number of amides is 1. The quantitative estimate of drug-likeness (QED) is 0.482. The van der Waals surface area contributed by atoms with Crippen molar-refractivity contribution in [3.05, 3.63) is 69.6 Å². The third-order valence-electron chi connectivity index (χ3n) is 5.06. The summed E-state index contributed by atoms with van der Waals surface area (Å²) < 4.78 is 8.05. The molecule has 1 aromatic carbocycles. The largest absolute Gasteiger partial charge is 0.494 e. The Morgan fingerprint density at radius 1 is 1.19 bits per heavy atom. The lowest BCUT2D eigenvalue weighted by Crippen LogP contribution is -2.31. The molecule has 8 heteroatoms. The number of methoxy groups -OCH3 is 1. The van der Waals surface area contributed by atoms with Crippen LogP contribution in [-0.2, 0) is 6.54 Å². The van der Waals surface area contributed by atoms with E-state index in [1.54, 1.807) is 10.8 Å². The molecule has 3 heterocycles. The van der Waals surface area contributed by atoms with Crippen molar-refractivity contribution < 1.29 is 9.53 Å². The lowest BCUT2D eigenvalue weighted by Gasteiger charge is -2.12. The van der Waals surface area contributed by atoms with Crippen LogP contribution in [0.4, 0.5) is 0 Å². The van der Waals surface area contributed by atoms with E-state index in [-0.39, 0.29) is 11.5 Å². The smallest absolute Gasteiger partial charge is 0.265 e. The van der Waals surface area contributed by atoms with Gasteiger partial charge < -0.3 is 19.5 Å². The predicted octanol–water partition coefficient (Wildman–Crippen LogP) is 2.96. The van der Waals surface area contributed by atoms with Gasteiger partial charge in [0.1, 0.15) is 10.3 Å². The molecule has 0 saturated heterocycles. The fourth-order valence-electron chi connectivity index (χ4n) is 3.57. The van der Waals surface area contributed by atoms with E-state index in [1.165, 1.54) is 18.4 Å².